The van der Waals surface area contributed by atoms with Crippen LogP contribution in [0.4, 0.5) is 17.1 Å². The smallest absolute Gasteiger partial charge is 0.198 e. The number of para-hydroxylation sites is 2. The van der Waals surface area contributed by atoms with Crippen molar-refractivity contribution in [2.45, 2.75) is 5.41 Å². The van der Waals surface area contributed by atoms with Crippen LogP contribution < -0.4 is 4.90 Å². The lowest BCUT2D eigenvalue weighted by atomic mass is 9.64. The highest BCUT2D eigenvalue weighted by atomic mass is 16.2. The topological polar surface area (TPSA) is 37.4 Å². The predicted octanol–water partition coefficient (Wildman–Crippen LogP) is 11.0. The normalized spacial score (nSPS) is 15.0. The maximum Gasteiger partial charge on any atom is 0.198 e. The van der Waals surface area contributed by atoms with Crippen molar-refractivity contribution in [3.05, 3.63) is 227 Å². The van der Waals surface area contributed by atoms with Crippen molar-refractivity contribution in [2.24, 2.45) is 0 Å². The molecule has 0 saturated carbocycles. The molecule has 10 rings (SSSR count). The molecule has 3 nitrogen and oxygen atoms in total. The van der Waals surface area contributed by atoms with Gasteiger partial charge in [0.2, 0.25) is 0 Å². The molecule has 0 atom stereocenters. The van der Waals surface area contributed by atoms with Gasteiger partial charge in [-0.2, -0.15) is 0 Å². The summed E-state index contributed by atoms with van der Waals surface area (Å²) in [5.74, 6) is -0.509. The summed E-state index contributed by atoms with van der Waals surface area (Å²) in [7, 11) is 0. The molecule has 1 heterocycles. The summed E-state index contributed by atoms with van der Waals surface area (Å²) in [6.07, 6.45) is 1.80. The Hall–Kier alpha value is -6.84. The summed E-state index contributed by atoms with van der Waals surface area (Å²) in [4.78, 5) is 31.2. The van der Waals surface area contributed by atoms with E-state index in [4.69, 9.17) is 0 Å². The van der Waals surface area contributed by atoms with E-state index in [0.717, 1.165) is 39.3 Å². The van der Waals surface area contributed by atoms with Gasteiger partial charge in [0, 0.05) is 16.8 Å². The minimum Gasteiger partial charge on any atom is -0.310 e. The average molecular weight is 666 g/mol. The molecule has 1 spiro atoms. The molecule has 52 heavy (non-hydrogen) atoms. The van der Waals surface area contributed by atoms with Gasteiger partial charge in [-0.05, 0) is 86.5 Å². The van der Waals surface area contributed by atoms with Crippen LogP contribution in [-0.2, 0) is 15.0 Å². The van der Waals surface area contributed by atoms with Crippen LogP contribution in [0.3, 0.4) is 0 Å². The lowest BCUT2D eigenvalue weighted by Gasteiger charge is -2.45. The lowest BCUT2D eigenvalue weighted by molar-refractivity contribution is -0.114. The van der Waals surface area contributed by atoms with Gasteiger partial charge in [-0.1, -0.05) is 152 Å². The molecule has 1 aliphatic heterocycles. The van der Waals surface area contributed by atoms with Crippen molar-refractivity contribution in [2.75, 3.05) is 4.90 Å². The van der Waals surface area contributed by atoms with Crippen molar-refractivity contribution >= 4 is 45.9 Å². The third kappa shape index (κ3) is 4.20. The first-order chi connectivity index (χ1) is 25.7. The Morgan fingerprint density at radius 1 is 0.423 bits per heavy atom. The number of fused-ring (bicyclic) bond motifs is 9. The van der Waals surface area contributed by atoms with Crippen LogP contribution in [0.25, 0.3) is 28.3 Å². The molecule has 0 bridgehead atoms. The fraction of sp³-hybridized carbons (Fsp3) is 0.0204. The van der Waals surface area contributed by atoms with Crippen LogP contribution >= 0.6 is 0 Å². The van der Waals surface area contributed by atoms with Crippen LogP contribution in [0, 0.1) is 0 Å². The third-order valence-corrected chi connectivity index (χ3v) is 10.8. The second-order valence-corrected chi connectivity index (χ2v) is 13.5. The number of carbonyl (C=O) groups is 2. The van der Waals surface area contributed by atoms with E-state index >= 15 is 0 Å². The Labute approximate surface area is 302 Å². The van der Waals surface area contributed by atoms with Gasteiger partial charge in [-0.15, -0.1) is 0 Å². The van der Waals surface area contributed by atoms with Gasteiger partial charge < -0.3 is 4.90 Å². The van der Waals surface area contributed by atoms with E-state index in [1.807, 2.05) is 72.8 Å². The van der Waals surface area contributed by atoms with E-state index in [1.54, 1.807) is 6.08 Å². The Kier molecular flexibility index (Phi) is 6.71. The highest BCUT2D eigenvalue weighted by molar-refractivity contribution is 6.61. The maximum absolute atomic E-state index is 14.4. The second-order valence-electron chi connectivity index (χ2n) is 13.5. The highest BCUT2D eigenvalue weighted by Gasteiger charge is 2.51. The van der Waals surface area contributed by atoms with E-state index in [0.29, 0.717) is 11.1 Å². The number of benzene rings is 7. The molecule has 2 aliphatic carbocycles. The van der Waals surface area contributed by atoms with E-state index in [-0.39, 0.29) is 17.1 Å². The van der Waals surface area contributed by atoms with Crippen molar-refractivity contribution in [1.82, 2.24) is 0 Å². The Balaban J connectivity index is 1.23. The maximum atomic E-state index is 14.4. The molecule has 244 valence electrons. The minimum atomic E-state index is -0.634. The molecule has 3 aliphatic rings. The van der Waals surface area contributed by atoms with Gasteiger partial charge in [0.1, 0.15) is 0 Å². The minimum absolute atomic E-state index is 0.176. The Morgan fingerprint density at radius 3 is 1.46 bits per heavy atom. The Bertz CT molecular complexity index is 2540. The molecule has 0 fully saturated rings. The second kappa shape index (κ2) is 11.6. The van der Waals surface area contributed by atoms with E-state index < -0.39 is 5.41 Å². The standard InChI is InChI=1S/C49H31NO2/c51-47-38(48(52)46(34-18-6-2-7-19-34)45(47)33-16-4-1-5-17-33)30-32-28-29-44-42(31-32)49(39-24-12-10-22-36(39)37-23-11-13-25-40(37)49)41-26-14-15-27-43(41)50(44)35-20-8-3-9-21-35/h1-31H. The molecule has 0 amide bonds. The predicted molar refractivity (Wildman–Crippen MR) is 210 cm³/mol. The number of carbonyl (C=O) groups excluding carboxylic acids is 2. The van der Waals surface area contributed by atoms with Gasteiger partial charge in [0.05, 0.1) is 22.4 Å². The van der Waals surface area contributed by atoms with E-state index in [9.17, 15) is 9.59 Å². The van der Waals surface area contributed by atoms with Crippen LogP contribution in [0.15, 0.2) is 188 Å². The first kappa shape index (κ1) is 30.0. The van der Waals surface area contributed by atoms with E-state index in [1.165, 1.54) is 27.8 Å². The fourth-order valence-electron chi connectivity index (χ4n) is 8.73. The quantitative estimate of drug-likeness (QED) is 0.139. The molecule has 0 aromatic heterocycles. The summed E-state index contributed by atoms with van der Waals surface area (Å²) < 4.78 is 0. The van der Waals surface area contributed by atoms with Crippen LogP contribution in [0.5, 0.6) is 0 Å². The third-order valence-electron chi connectivity index (χ3n) is 10.8. The molecule has 7 aromatic rings. The zero-order valence-electron chi connectivity index (χ0n) is 28.2. The molecule has 0 N–H and O–H groups in total. The highest BCUT2D eigenvalue weighted by Crippen LogP contribution is 2.63. The summed E-state index contributed by atoms with van der Waals surface area (Å²) in [6, 6.07) is 62.1. The number of rotatable bonds is 4. The SMILES string of the molecule is O=C1C(=Cc2ccc3c(c2)C2(c4ccccc4-c4ccccc42)c2ccccc2N3c2ccccc2)C(=O)C(c2ccccc2)=C1c1ccccc1. The Morgan fingerprint density at radius 2 is 0.885 bits per heavy atom. The molecular weight excluding hydrogens is 635 g/mol. The molecule has 7 aromatic carbocycles. The number of nitrogens with zero attached hydrogens (tertiary/aromatic N) is 1. The molecule has 0 radical (unpaired) electrons. The largest absolute Gasteiger partial charge is 0.310 e. The number of allylic oxidation sites excluding steroid dienone is 3. The zero-order valence-corrected chi connectivity index (χ0v) is 28.2. The van der Waals surface area contributed by atoms with Crippen molar-refractivity contribution < 1.29 is 9.59 Å². The van der Waals surface area contributed by atoms with Crippen molar-refractivity contribution in [3.8, 4) is 11.1 Å². The summed E-state index contributed by atoms with van der Waals surface area (Å²) in [5, 5.41) is 0. The number of hydrogen-bond donors (Lipinski definition) is 0. The molecular formula is C49H31NO2. The summed E-state index contributed by atoms with van der Waals surface area (Å²) in [6.45, 7) is 0. The van der Waals surface area contributed by atoms with Crippen LogP contribution in [0.2, 0.25) is 0 Å². The number of ketones is 2. The van der Waals surface area contributed by atoms with Gasteiger partial charge in [0.15, 0.2) is 11.6 Å². The van der Waals surface area contributed by atoms with Crippen LogP contribution in [0.1, 0.15) is 38.9 Å². The average Bonchev–Trinajstić information content (AvgIpc) is 3.64. The van der Waals surface area contributed by atoms with Crippen molar-refractivity contribution in [1.29, 1.82) is 0 Å². The first-order valence-corrected chi connectivity index (χ1v) is 17.6. The number of anilines is 3. The fourth-order valence-corrected chi connectivity index (χ4v) is 8.73. The van der Waals surface area contributed by atoms with Crippen LogP contribution in [-0.4, -0.2) is 11.6 Å². The van der Waals surface area contributed by atoms with Gasteiger partial charge in [-0.3, -0.25) is 9.59 Å². The molecule has 0 saturated heterocycles. The molecule has 3 heteroatoms. The van der Waals surface area contributed by atoms with Gasteiger partial charge in [-0.25, -0.2) is 0 Å². The van der Waals surface area contributed by atoms with E-state index in [2.05, 4.69) is 114 Å². The lowest BCUT2D eigenvalue weighted by Crippen LogP contribution is -2.36. The first-order valence-electron chi connectivity index (χ1n) is 17.6. The number of hydrogen-bond acceptors (Lipinski definition) is 3. The molecule has 0 unspecified atom stereocenters. The summed E-state index contributed by atoms with van der Waals surface area (Å²) >= 11 is 0. The zero-order chi connectivity index (χ0) is 34.8. The number of Topliss-reactive ketones (excluding diaryl/α,β-unsaturated/α-hetero) is 2. The van der Waals surface area contributed by atoms with Gasteiger partial charge in [0.25, 0.3) is 0 Å². The van der Waals surface area contributed by atoms with Gasteiger partial charge >= 0.3 is 0 Å². The van der Waals surface area contributed by atoms with Crippen molar-refractivity contribution in [3.63, 3.8) is 0 Å². The summed E-state index contributed by atoms with van der Waals surface area (Å²) in [5.41, 5.74) is 13.1. The monoisotopic (exact) mass is 665 g/mol.